The summed E-state index contributed by atoms with van der Waals surface area (Å²) < 4.78 is 0. The van der Waals surface area contributed by atoms with E-state index in [4.69, 9.17) is 11.6 Å². The Morgan fingerprint density at radius 3 is 2.47 bits per heavy atom. The number of carbonyl (C=O) groups is 1. The molecule has 0 aliphatic rings. The Morgan fingerprint density at radius 1 is 1.06 bits per heavy atom. The molecular weight excluding hydrogens is 240 g/mol. The highest BCUT2D eigenvalue weighted by Gasteiger charge is 2.07. The average molecular weight is 249 g/mol. The van der Waals surface area contributed by atoms with Gasteiger partial charge in [-0.3, -0.25) is 4.79 Å². The number of phenolic OH excluding ortho intramolecular Hbond substituents is 2. The lowest BCUT2D eigenvalue weighted by Crippen LogP contribution is -1.84. The Bertz CT molecular complexity index is 579. The van der Waals surface area contributed by atoms with E-state index in [1.807, 2.05) is 0 Å². The van der Waals surface area contributed by atoms with E-state index < -0.39 is 0 Å². The van der Waals surface area contributed by atoms with Crippen molar-refractivity contribution in [1.29, 1.82) is 0 Å². The zero-order chi connectivity index (χ0) is 12.4. The van der Waals surface area contributed by atoms with E-state index in [2.05, 4.69) is 0 Å². The minimum atomic E-state index is -0.114. The maximum atomic E-state index is 10.6. The van der Waals surface area contributed by atoms with Crippen molar-refractivity contribution >= 4 is 17.9 Å². The Labute approximate surface area is 103 Å². The molecule has 17 heavy (non-hydrogen) atoms. The van der Waals surface area contributed by atoms with Gasteiger partial charge in [-0.25, -0.2) is 0 Å². The second-order valence-electron chi connectivity index (χ2n) is 3.56. The van der Waals surface area contributed by atoms with Crippen molar-refractivity contribution in [2.45, 2.75) is 0 Å². The summed E-state index contributed by atoms with van der Waals surface area (Å²) in [5, 5.41) is 19.4. The van der Waals surface area contributed by atoms with Crippen molar-refractivity contribution in [3.8, 4) is 22.6 Å². The van der Waals surface area contributed by atoms with Crippen LogP contribution >= 0.6 is 11.6 Å². The normalized spacial score (nSPS) is 10.2. The van der Waals surface area contributed by atoms with E-state index in [1.165, 1.54) is 24.3 Å². The zero-order valence-electron chi connectivity index (χ0n) is 8.72. The quantitative estimate of drug-likeness (QED) is 0.803. The van der Waals surface area contributed by atoms with E-state index >= 15 is 0 Å². The maximum absolute atomic E-state index is 10.6. The van der Waals surface area contributed by atoms with Crippen LogP contribution in [0.1, 0.15) is 10.4 Å². The first-order valence-electron chi connectivity index (χ1n) is 4.89. The molecule has 2 N–H and O–H groups in total. The van der Waals surface area contributed by atoms with Crippen LogP contribution in [0.15, 0.2) is 36.4 Å². The lowest BCUT2D eigenvalue weighted by atomic mass is 10.0. The Balaban J connectivity index is 2.57. The predicted octanol–water partition coefficient (Wildman–Crippen LogP) is 3.23. The van der Waals surface area contributed by atoms with Gasteiger partial charge in [-0.1, -0.05) is 17.7 Å². The fraction of sp³-hybridized carbons (Fsp3) is 0. The van der Waals surface area contributed by atoms with Crippen LogP contribution in [0.25, 0.3) is 11.1 Å². The van der Waals surface area contributed by atoms with Gasteiger partial charge in [-0.15, -0.1) is 0 Å². The lowest BCUT2D eigenvalue weighted by molar-refractivity contribution is 0.112. The van der Waals surface area contributed by atoms with Crippen LogP contribution in [-0.2, 0) is 0 Å². The van der Waals surface area contributed by atoms with Crippen molar-refractivity contribution in [2.75, 3.05) is 0 Å². The second-order valence-corrected chi connectivity index (χ2v) is 3.96. The standard InChI is InChI=1S/C13H9ClO3/c14-12-4-3-10(16)6-11(12)8-1-2-9(7-15)13(17)5-8/h1-7,16-17H. The van der Waals surface area contributed by atoms with Gasteiger partial charge in [0, 0.05) is 10.6 Å². The number of hydrogen-bond acceptors (Lipinski definition) is 3. The van der Waals surface area contributed by atoms with Crippen molar-refractivity contribution in [3.05, 3.63) is 47.0 Å². The van der Waals surface area contributed by atoms with Gasteiger partial charge in [0.1, 0.15) is 11.5 Å². The lowest BCUT2D eigenvalue weighted by Gasteiger charge is -2.06. The summed E-state index contributed by atoms with van der Waals surface area (Å²) in [4.78, 5) is 10.6. The third-order valence-electron chi connectivity index (χ3n) is 2.42. The van der Waals surface area contributed by atoms with Gasteiger partial charge in [0.25, 0.3) is 0 Å². The van der Waals surface area contributed by atoms with Crippen molar-refractivity contribution in [2.24, 2.45) is 0 Å². The Morgan fingerprint density at radius 2 is 1.82 bits per heavy atom. The van der Waals surface area contributed by atoms with Gasteiger partial charge in [0.05, 0.1) is 5.56 Å². The third kappa shape index (κ3) is 2.24. The SMILES string of the molecule is O=Cc1ccc(-c2cc(O)ccc2Cl)cc1O. The van der Waals surface area contributed by atoms with E-state index in [0.29, 0.717) is 22.4 Å². The summed E-state index contributed by atoms with van der Waals surface area (Å²) in [6.45, 7) is 0. The van der Waals surface area contributed by atoms with Gasteiger partial charge >= 0.3 is 0 Å². The molecule has 0 unspecified atom stereocenters. The fourth-order valence-electron chi connectivity index (χ4n) is 1.55. The van der Waals surface area contributed by atoms with Gasteiger partial charge in [-0.2, -0.15) is 0 Å². The molecule has 4 heteroatoms. The average Bonchev–Trinajstić information content (AvgIpc) is 2.32. The maximum Gasteiger partial charge on any atom is 0.153 e. The monoisotopic (exact) mass is 248 g/mol. The molecule has 2 aromatic rings. The van der Waals surface area contributed by atoms with E-state index in [1.54, 1.807) is 12.1 Å². The smallest absolute Gasteiger partial charge is 0.153 e. The minimum Gasteiger partial charge on any atom is -0.508 e. The molecule has 0 saturated heterocycles. The molecule has 2 rings (SSSR count). The molecule has 0 fully saturated rings. The largest absolute Gasteiger partial charge is 0.508 e. The molecule has 0 radical (unpaired) electrons. The number of aldehydes is 1. The van der Waals surface area contributed by atoms with E-state index in [0.717, 1.165) is 0 Å². The molecular formula is C13H9ClO3. The minimum absolute atomic E-state index is 0.0864. The molecule has 0 aliphatic carbocycles. The van der Waals surface area contributed by atoms with Crippen LogP contribution in [0.3, 0.4) is 0 Å². The van der Waals surface area contributed by atoms with Crippen LogP contribution in [-0.4, -0.2) is 16.5 Å². The van der Waals surface area contributed by atoms with E-state index in [-0.39, 0.29) is 17.1 Å². The van der Waals surface area contributed by atoms with Crippen LogP contribution in [0.5, 0.6) is 11.5 Å². The summed E-state index contributed by atoms with van der Waals surface area (Å²) >= 11 is 5.99. The first kappa shape index (κ1) is 11.5. The molecule has 2 aromatic carbocycles. The molecule has 86 valence electrons. The predicted molar refractivity (Wildman–Crippen MR) is 65.6 cm³/mol. The molecule has 0 heterocycles. The fourth-order valence-corrected chi connectivity index (χ4v) is 1.77. The van der Waals surface area contributed by atoms with Gasteiger partial charge < -0.3 is 10.2 Å². The first-order chi connectivity index (χ1) is 8.11. The summed E-state index contributed by atoms with van der Waals surface area (Å²) in [5.74, 6) is -0.0275. The van der Waals surface area contributed by atoms with Gasteiger partial charge in [0.15, 0.2) is 6.29 Å². The molecule has 0 spiro atoms. The number of halogens is 1. The van der Waals surface area contributed by atoms with Crippen LogP contribution in [0.2, 0.25) is 5.02 Å². The van der Waals surface area contributed by atoms with Crippen molar-refractivity contribution < 1.29 is 15.0 Å². The number of carbonyl (C=O) groups excluding carboxylic acids is 1. The highest BCUT2D eigenvalue weighted by molar-refractivity contribution is 6.33. The van der Waals surface area contributed by atoms with Crippen molar-refractivity contribution in [3.63, 3.8) is 0 Å². The van der Waals surface area contributed by atoms with E-state index in [9.17, 15) is 15.0 Å². The number of aromatic hydroxyl groups is 2. The Kier molecular flexibility index (Phi) is 3.02. The highest BCUT2D eigenvalue weighted by Crippen LogP contribution is 2.33. The molecule has 3 nitrogen and oxygen atoms in total. The number of rotatable bonds is 2. The molecule has 0 atom stereocenters. The number of phenols is 2. The summed E-state index contributed by atoms with van der Waals surface area (Å²) in [6.07, 6.45) is 0.573. The topological polar surface area (TPSA) is 57.5 Å². The summed E-state index contributed by atoms with van der Waals surface area (Å²) in [5.41, 5.74) is 1.44. The van der Waals surface area contributed by atoms with Gasteiger partial charge in [0.2, 0.25) is 0 Å². The molecule has 0 bridgehead atoms. The molecule has 0 aromatic heterocycles. The number of benzene rings is 2. The third-order valence-corrected chi connectivity index (χ3v) is 2.75. The van der Waals surface area contributed by atoms with Crippen LogP contribution in [0.4, 0.5) is 0 Å². The van der Waals surface area contributed by atoms with Gasteiger partial charge in [-0.05, 0) is 35.9 Å². The highest BCUT2D eigenvalue weighted by atomic mass is 35.5. The molecule has 0 saturated carbocycles. The van der Waals surface area contributed by atoms with Crippen LogP contribution < -0.4 is 0 Å². The van der Waals surface area contributed by atoms with Crippen molar-refractivity contribution in [1.82, 2.24) is 0 Å². The second kappa shape index (κ2) is 4.47. The molecule has 0 aliphatic heterocycles. The zero-order valence-corrected chi connectivity index (χ0v) is 9.48. The molecule has 0 amide bonds. The first-order valence-corrected chi connectivity index (χ1v) is 5.26. The van der Waals surface area contributed by atoms with Crippen LogP contribution in [0, 0.1) is 0 Å². The summed E-state index contributed by atoms with van der Waals surface area (Å²) in [6, 6.07) is 9.13. The Hall–Kier alpha value is -2.00. The summed E-state index contributed by atoms with van der Waals surface area (Å²) in [7, 11) is 0. The number of hydrogen-bond donors (Lipinski definition) is 2.